The van der Waals surface area contributed by atoms with Gasteiger partial charge in [-0.3, -0.25) is 4.28 Å². The van der Waals surface area contributed by atoms with Crippen LogP contribution in [0.3, 0.4) is 0 Å². The van der Waals surface area contributed by atoms with Crippen molar-refractivity contribution >= 4 is 27.5 Å². The van der Waals surface area contributed by atoms with E-state index in [9.17, 15) is 8.42 Å². The Kier molecular flexibility index (Phi) is 5.19. The fourth-order valence-electron chi connectivity index (χ4n) is 2.95. The van der Waals surface area contributed by atoms with Crippen LogP contribution in [0.1, 0.15) is 30.5 Å². The summed E-state index contributed by atoms with van der Waals surface area (Å²) in [5, 5.41) is 3.97. The van der Waals surface area contributed by atoms with Crippen LogP contribution in [-0.4, -0.2) is 20.2 Å². The highest BCUT2D eigenvalue weighted by Crippen LogP contribution is 2.33. The molecule has 27 heavy (non-hydrogen) atoms. The Morgan fingerprint density at radius 2 is 1.78 bits per heavy atom. The van der Waals surface area contributed by atoms with Crippen molar-refractivity contribution in [3.8, 4) is 0 Å². The molecule has 0 aromatic heterocycles. The minimum Gasteiger partial charge on any atom is -0.488 e. The molecule has 0 saturated carbocycles. The van der Waals surface area contributed by atoms with Gasteiger partial charge < -0.3 is 4.74 Å². The van der Waals surface area contributed by atoms with Gasteiger partial charge in [-0.2, -0.15) is 8.42 Å². The van der Waals surface area contributed by atoms with E-state index in [1.54, 1.807) is 25.1 Å². The summed E-state index contributed by atoms with van der Waals surface area (Å²) >= 11 is 0. The van der Waals surface area contributed by atoms with Crippen molar-refractivity contribution < 1.29 is 17.4 Å². The molecular formula is C21H21NO4S. The molecule has 0 N–H and O–H groups in total. The zero-order valence-corrected chi connectivity index (χ0v) is 16.3. The second-order valence-electron chi connectivity index (χ2n) is 6.30. The molecule has 2 aromatic carbocycles. The molecular weight excluding hydrogens is 362 g/mol. The summed E-state index contributed by atoms with van der Waals surface area (Å²) in [5.41, 5.74) is 3.87. The maximum Gasteiger partial charge on any atom is 0.358 e. The molecule has 1 atom stereocenters. The Hall–Kier alpha value is -2.86. The Morgan fingerprint density at radius 3 is 2.44 bits per heavy atom. The Labute approximate surface area is 159 Å². The first-order chi connectivity index (χ1) is 12.8. The zero-order chi connectivity index (χ0) is 19.6. The zero-order valence-electron chi connectivity index (χ0n) is 15.5. The van der Waals surface area contributed by atoms with E-state index >= 15 is 0 Å². The first kappa shape index (κ1) is 18.9. The molecule has 0 spiro atoms. The van der Waals surface area contributed by atoms with Gasteiger partial charge in [0.2, 0.25) is 0 Å². The van der Waals surface area contributed by atoms with Gasteiger partial charge in [0, 0.05) is 5.57 Å². The normalized spacial score (nSPS) is 18.5. The van der Waals surface area contributed by atoms with E-state index in [1.807, 2.05) is 38.1 Å². The van der Waals surface area contributed by atoms with E-state index in [0.717, 1.165) is 22.3 Å². The van der Waals surface area contributed by atoms with Crippen molar-refractivity contribution in [3.63, 3.8) is 0 Å². The van der Waals surface area contributed by atoms with Gasteiger partial charge in [0.1, 0.15) is 22.5 Å². The fraction of sp³-hybridized carbons (Fsp3) is 0.190. The number of ether oxygens (including phenoxy) is 1. The van der Waals surface area contributed by atoms with E-state index in [1.165, 1.54) is 12.1 Å². The molecule has 3 rings (SSSR count). The van der Waals surface area contributed by atoms with Crippen molar-refractivity contribution in [1.29, 1.82) is 0 Å². The van der Waals surface area contributed by atoms with Crippen LogP contribution in [0.15, 0.2) is 70.9 Å². The van der Waals surface area contributed by atoms with Gasteiger partial charge in [-0.1, -0.05) is 59.8 Å². The van der Waals surface area contributed by atoms with Crippen LogP contribution >= 0.6 is 0 Å². The third-order valence-electron chi connectivity index (χ3n) is 4.34. The largest absolute Gasteiger partial charge is 0.488 e. The van der Waals surface area contributed by atoms with Crippen molar-refractivity contribution in [1.82, 2.24) is 0 Å². The molecule has 0 amide bonds. The molecule has 0 fully saturated rings. The number of hydrogen-bond acceptors (Lipinski definition) is 5. The second kappa shape index (κ2) is 7.40. The van der Waals surface area contributed by atoms with E-state index in [0.29, 0.717) is 11.5 Å². The minimum absolute atomic E-state index is 0.0535. The maximum absolute atomic E-state index is 12.5. The first-order valence-electron chi connectivity index (χ1n) is 8.51. The standard InChI is InChI=1S/C21H21NO4S/c1-5-17-8-6-7-9-19(17)20-15(3)25-16(4)21(20)22-26-27(23,24)18-12-10-14(2)11-13-18/h5-13,16H,1H2,2-4H3/b22-21+. The molecule has 1 heterocycles. The Balaban J connectivity index is 1.99. The second-order valence-corrected chi connectivity index (χ2v) is 7.83. The van der Waals surface area contributed by atoms with Crippen LogP contribution in [0.25, 0.3) is 11.6 Å². The Bertz CT molecular complexity index is 1030. The third-order valence-corrected chi connectivity index (χ3v) is 5.46. The van der Waals surface area contributed by atoms with Crippen LogP contribution in [0, 0.1) is 6.92 Å². The van der Waals surface area contributed by atoms with E-state index in [-0.39, 0.29) is 4.90 Å². The molecule has 1 aliphatic heterocycles. The fourth-order valence-corrected chi connectivity index (χ4v) is 3.68. The number of hydrogen-bond donors (Lipinski definition) is 0. The third kappa shape index (κ3) is 3.80. The number of oxime groups is 1. The average Bonchev–Trinajstić information content (AvgIpc) is 2.93. The number of nitrogens with zero attached hydrogens (tertiary/aromatic N) is 1. The summed E-state index contributed by atoms with van der Waals surface area (Å²) in [7, 11) is -4.01. The molecule has 6 heteroatoms. The van der Waals surface area contributed by atoms with E-state index < -0.39 is 16.2 Å². The summed E-state index contributed by atoms with van der Waals surface area (Å²) in [6.07, 6.45) is 1.31. The quantitative estimate of drug-likeness (QED) is 0.711. The van der Waals surface area contributed by atoms with Crippen LogP contribution < -0.4 is 0 Å². The Morgan fingerprint density at radius 1 is 1.11 bits per heavy atom. The summed E-state index contributed by atoms with van der Waals surface area (Å²) in [4.78, 5) is 0.0535. The monoisotopic (exact) mass is 383 g/mol. The van der Waals surface area contributed by atoms with E-state index in [4.69, 9.17) is 9.02 Å². The highest BCUT2D eigenvalue weighted by atomic mass is 32.2. The predicted molar refractivity (Wildman–Crippen MR) is 107 cm³/mol. The van der Waals surface area contributed by atoms with Crippen LogP contribution in [0.4, 0.5) is 0 Å². The van der Waals surface area contributed by atoms with Crippen LogP contribution in [-0.2, 0) is 19.1 Å². The van der Waals surface area contributed by atoms with Gasteiger partial charge in [0.05, 0.1) is 0 Å². The summed E-state index contributed by atoms with van der Waals surface area (Å²) < 4.78 is 35.7. The maximum atomic E-state index is 12.5. The smallest absolute Gasteiger partial charge is 0.358 e. The van der Waals surface area contributed by atoms with Gasteiger partial charge >= 0.3 is 10.1 Å². The molecule has 1 unspecified atom stereocenters. The first-order valence-corrected chi connectivity index (χ1v) is 9.92. The van der Waals surface area contributed by atoms with Crippen molar-refractivity contribution in [3.05, 3.63) is 77.6 Å². The lowest BCUT2D eigenvalue weighted by Crippen LogP contribution is -2.16. The summed E-state index contributed by atoms with van der Waals surface area (Å²) in [5.74, 6) is 0.659. The lowest BCUT2D eigenvalue weighted by atomic mass is 9.95. The molecule has 0 radical (unpaired) electrons. The lowest BCUT2D eigenvalue weighted by Gasteiger charge is -2.10. The number of allylic oxidation sites excluding steroid dienone is 1. The van der Waals surface area contributed by atoms with E-state index in [2.05, 4.69) is 11.7 Å². The number of rotatable bonds is 5. The van der Waals surface area contributed by atoms with Crippen LogP contribution in [0.5, 0.6) is 0 Å². The molecule has 140 valence electrons. The van der Waals surface area contributed by atoms with Gasteiger partial charge in [0.25, 0.3) is 0 Å². The van der Waals surface area contributed by atoms with Crippen molar-refractivity contribution in [2.45, 2.75) is 31.8 Å². The molecule has 0 aliphatic carbocycles. The highest BCUT2D eigenvalue weighted by Gasteiger charge is 2.31. The topological polar surface area (TPSA) is 65.0 Å². The summed E-state index contributed by atoms with van der Waals surface area (Å²) in [6.45, 7) is 9.34. The van der Waals surface area contributed by atoms with Crippen molar-refractivity contribution in [2.24, 2.45) is 5.16 Å². The van der Waals surface area contributed by atoms with Gasteiger partial charge in [-0.15, -0.1) is 0 Å². The van der Waals surface area contributed by atoms with Crippen molar-refractivity contribution in [2.75, 3.05) is 0 Å². The van der Waals surface area contributed by atoms with Gasteiger partial charge in [0.15, 0.2) is 0 Å². The SMILES string of the molecule is C=Cc1ccccc1C1=C(C)OC(C)/C1=N\OS(=O)(=O)c1ccc(C)cc1. The minimum atomic E-state index is -4.01. The highest BCUT2D eigenvalue weighted by molar-refractivity contribution is 7.86. The average molecular weight is 383 g/mol. The molecule has 5 nitrogen and oxygen atoms in total. The number of benzene rings is 2. The molecule has 0 bridgehead atoms. The lowest BCUT2D eigenvalue weighted by molar-refractivity contribution is 0.197. The molecule has 0 saturated heterocycles. The van der Waals surface area contributed by atoms with Crippen LogP contribution in [0.2, 0.25) is 0 Å². The molecule has 1 aliphatic rings. The predicted octanol–water partition coefficient (Wildman–Crippen LogP) is 4.55. The number of aryl methyl sites for hydroxylation is 1. The summed E-state index contributed by atoms with van der Waals surface area (Å²) in [6, 6.07) is 14.1. The van der Waals surface area contributed by atoms with Gasteiger partial charge in [-0.25, -0.2) is 0 Å². The molecule has 2 aromatic rings. The van der Waals surface area contributed by atoms with Gasteiger partial charge in [-0.05, 0) is 44.0 Å².